The van der Waals surface area contributed by atoms with E-state index in [0.717, 1.165) is 23.3 Å². The number of benzene rings is 3. The molecule has 32 heavy (non-hydrogen) atoms. The Morgan fingerprint density at radius 2 is 1.50 bits per heavy atom. The second-order valence-electron chi connectivity index (χ2n) is 7.32. The molecule has 9 heteroatoms. The van der Waals surface area contributed by atoms with Gasteiger partial charge in [-0.1, -0.05) is 24.3 Å². The molecule has 1 N–H and O–H groups in total. The van der Waals surface area contributed by atoms with E-state index in [1.54, 1.807) is 36.4 Å². The van der Waals surface area contributed by atoms with Crippen LogP contribution in [0.5, 0.6) is 0 Å². The molecule has 1 aliphatic heterocycles. The molecule has 0 spiro atoms. The highest BCUT2D eigenvalue weighted by molar-refractivity contribution is 7.92. The van der Waals surface area contributed by atoms with Crippen molar-refractivity contribution in [3.8, 4) is 0 Å². The third-order valence-electron chi connectivity index (χ3n) is 5.08. The van der Waals surface area contributed by atoms with Gasteiger partial charge in [0.05, 0.1) is 16.6 Å². The summed E-state index contributed by atoms with van der Waals surface area (Å²) in [6.45, 7) is 1.41. The maximum atomic E-state index is 13.3. The van der Waals surface area contributed by atoms with E-state index < -0.39 is 15.8 Å². The van der Waals surface area contributed by atoms with E-state index in [9.17, 15) is 22.0 Å². The Balaban J connectivity index is 1.53. The van der Waals surface area contributed by atoms with E-state index in [1.807, 2.05) is 0 Å². The third-order valence-corrected chi connectivity index (χ3v) is 6.48. The number of nitrogens with one attached hydrogen (secondary N) is 1. The fourth-order valence-corrected chi connectivity index (χ4v) is 4.54. The zero-order chi connectivity index (χ0) is 22.9. The Kier molecular flexibility index (Phi) is 5.75. The smallest absolute Gasteiger partial charge is 0.261 e. The van der Waals surface area contributed by atoms with Crippen LogP contribution >= 0.6 is 0 Å². The quantitative estimate of drug-likeness (QED) is 0.617. The summed E-state index contributed by atoms with van der Waals surface area (Å²) >= 11 is 0. The molecule has 4 rings (SSSR count). The first-order chi connectivity index (χ1) is 15.2. The maximum Gasteiger partial charge on any atom is 0.261 e. The monoisotopic (exact) mass is 455 g/mol. The average Bonchev–Trinajstić information content (AvgIpc) is 3.21. The molecule has 0 saturated heterocycles. The van der Waals surface area contributed by atoms with Crippen molar-refractivity contribution in [1.82, 2.24) is 5.01 Å². The van der Waals surface area contributed by atoms with Gasteiger partial charge in [0.15, 0.2) is 0 Å². The highest BCUT2D eigenvalue weighted by atomic mass is 32.2. The summed E-state index contributed by atoms with van der Waals surface area (Å²) in [6, 6.07) is 16.7. The van der Waals surface area contributed by atoms with Gasteiger partial charge in [-0.25, -0.2) is 22.2 Å². The lowest BCUT2D eigenvalue weighted by atomic mass is 9.98. The molecule has 0 saturated carbocycles. The first kappa shape index (κ1) is 21.6. The summed E-state index contributed by atoms with van der Waals surface area (Å²) < 4.78 is 53.7. The molecule has 3 aromatic rings. The summed E-state index contributed by atoms with van der Waals surface area (Å²) in [4.78, 5) is 12.0. The van der Waals surface area contributed by atoms with E-state index >= 15 is 0 Å². The highest BCUT2D eigenvalue weighted by Gasteiger charge is 2.31. The number of carbonyl (C=O) groups is 1. The summed E-state index contributed by atoms with van der Waals surface area (Å²) in [5.41, 5.74) is 2.48. The van der Waals surface area contributed by atoms with Gasteiger partial charge in [0.1, 0.15) is 11.6 Å². The Hall–Kier alpha value is -3.59. The van der Waals surface area contributed by atoms with Gasteiger partial charge in [-0.15, -0.1) is 0 Å². The molecule has 164 valence electrons. The Morgan fingerprint density at radius 1 is 0.938 bits per heavy atom. The zero-order valence-electron chi connectivity index (χ0n) is 17.0. The van der Waals surface area contributed by atoms with Gasteiger partial charge in [0.25, 0.3) is 10.0 Å². The molecule has 0 bridgehead atoms. The molecule has 1 heterocycles. The largest absolute Gasteiger partial charge is 0.280 e. The third kappa shape index (κ3) is 4.52. The van der Waals surface area contributed by atoms with Crippen molar-refractivity contribution in [3.05, 3.63) is 95.6 Å². The average molecular weight is 455 g/mol. The first-order valence-corrected chi connectivity index (χ1v) is 11.2. The fourth-order valence-electron chi connectivity index (χ4n) is 3.48. The van der Waals surface area contributed by atoms with Crippen molar-refractivity contribution in [3.63, 3.8) is 0 Å². The second kappa shape index (κ2) is 8.51. The number of nitrogens with zero attached hydrogens (tertiary/aromatic N) is 2. The van der Waals surface area contributed by atoms with Gasteiger partial charge in [-0.2, -0.15) is 5.10 Å². The van der Waals surface area contributed by atoms with Gasteiger partial charge < -0.3 is 0 Å². The number of carbonyl (C=O) groups excluding carboxylic acids is 1. The Bertz CT molecular complexity index is 1270. The molecular weight excluding hydrogens is 436 g/mol. The summed E-state index contributed by atoms with van der Waals surface area (Å²) in [5.74, 6) is -1.12. The van der Waals surface area contributed by atoms with E-state index in [2.05, 4.69) is 9.82 Å². The van der Waals surface area contributed by atoms with Gasteiger partial charge in [-0.05, 0) is 59.7 Å². The van der Waals surface area contributed by atoms with E-state index in [1.165, 1.54) is 36.2 Å². The van der Waals surface area contributed by atoms with Crippen molar-refractivity contribution in [2.75, 3.05) is 4.72 Å². The summed E-state index contributed by atoms with van der Waals surface area (Å²) in [6.07, 6.45) is 0.436. The minimum absolute atomic E-state index is 0.0533. The van der Waals surface area contributed by atoms with Gasteiger partial charge in [-0.3, -0.25) is 9.52 Å². The number of hydrogen-bond acceptors (Lipinski definition) is 4. The standard InChI is InChI=1S/C23H19F2N3O3S/c1-15(29)28-23(17-2-6-18(24)7-3-17)14-22(26-28)16-4-10-20(11-5-16)27-32(30,31)21-12-8-19(25)9-13-21/h2-13,23,27H,14H2,1H3. The van der Waals surface area contributed by atoms with Gasteiger partial charge >= 0.3 is 0 Å². The molecule has 1 unspecified atom stereocenters. The molecule has 6 nitrogen and oxygen atoms in total. The predicted octanol–water partition coefficient (Wildman–Crippen LogP) is 4.46. The number of halogens is 2. The zero-order valence-corrected chi connectivity index (χ0v) is 17.8. The second-order valence-corrected chi connectivity index (χ2v) is 9.00. The number of anilines is 1. The minimum Gasteiger partial charge on any atom is -0.280 e. The van der Waals surface area contributed by atoms with Crippen LogP contribution in [0.4, 0.5) is 14.5 Å². The van der Waals surface area contributed by atoms with E-state index in [4.69, 9.17) is 0 Å². The topological polar surface area (TPSA) is 78.8 Å². The molecule has 1 atom stereocenters. The normalized spacial score (nSPS) is 16.0. The van der Waals surface area contributed by atoms with E-state index in [-0.39, 0.29) is 22.7 Å². The molecule has 0 aromatic heterocycles. The van der Waals surface area contributed by atoms with Crippen LogP contribution in [0.2, 0.25) is 0 Å². The Labute approximate surface area is 184 Å². The van der Waals surface area contributed by atoms with Crippen LogP contribution in [0, 0.1) is 11.6 Å². The number of rotatable bonds is 5. The van der Waals surface area contributed by atoms with Gasteiger partial charge in [0, 0.05) is 19.0 Å². The van der Waals surface area contributed by atoms with Crippen molar-refractivity contribution in [1.29, 1.82) is 0 Å². The lowest BCUT2D eigenvalue weighted by Crippen LogP contribution is -2.24. The number of hydrogen-bond donors (Lipinski definition) is 1. The lowest BCUT2D eigenvalue weighted by molar-refractivity contribution is -0.130. The van der Waals surface area contributed by atoms with E-state index in [0.29, 0.717) is 17.8 Å². The molecule has 1 amide bonds. The number of sulfonamides is 1. The van der Waals surface area contributed by atoms with Crippen LogP contribution in [-0.4, -0.2) is 25.0 Å². The van der Waals surface area contributed by atoms with Crippen LogP contribution in [0.1, 0.15) is 30.5 Å². The predicted molar refractivity (Wildman–Crippen MR) is 116 cm³/mol. The van der Waals surface area contributed by atoms with Crippen molar-refractivity contribution in [2.24, 2.45) is 5.10 Å². The molecule has 3 aromatic carbocycles. The molecule has 0 fully saturated rings. The molecule has 0 aliphatic carbocycles. The molecule has 0 radical (unpaired) electrons. The highest BCUT2D eigenvalue weighted by Crippen LogP contribution is 2.33. The summed E-state index contributed by atoms with van der Waals surface area (Å²) in [7, 11) is -3.86. The van der Waals surface area contributed by atoms with Crippen LogP contribution in [0.25, 0.3) is 0 Å². The molecule has 1 aliphatic rings. The van der Waals surface area contributed by atoms with Crippen molar-refractivity contribution in [2.45, 2.75) is 24.3 Å². The lowest BCUT2D eigenvalue weighted by Gasteiger charge is -2.20. The molecular formula is C23H19F2N3O3S. The van der Waals surface area contributed by atoms with Crippen LogP contribution < -0.4 is 4.72 Å². The number of hydrazone groups is 1. The van der Waals surface area contributed by atoms with Crippen molar-refractivity contribution >= 4 is 27.3 Å². The fraction of sp³-hybridized carbons (Fsp3) is 0.130. The minimum atomic E-state index is -3.86. The number of amides is 1. The van der Waals surface area contributed by atoms with Crippen LogP contribution in [0.15, 0.2) is 82.8 Å². The van der Waals surface area contributed by atoms with Gasteiger partial charge in [0.2, 0.25) is 5.91 Å². The Morgan fingerprint density at radius 3 is 2.06 bits per heavy atom. The summed E-state index contributed by atoms with van der Waals surface area (Å²) in [5, 5.41) is 5.80. The maximum absolute atomic E-state index is 13.3. The SMILES string of the molecule is CC(=O)N1N=C(c2ccc(NS(=O)(=O)c3ccc(F)cc3)cc2)CC1c1ccc(F)cc1. The first-order valence-electron chi connectivity index (χ1n) is 9.74. The van der Waals surface area contributed by atoms with Crippen LogP contribution in [0.3, 0.4) is 0 Å². The van der Waals surface area contributed by atoms with Crippen molar-refractivity contribution < 1.29 is 22.0 Å². The van der Waals surface area contributed by atoms with Crippen LogP contribution in [-0.2, 0) is 14.8 Å².